The summed E-state index contributed by atoms with van der Waals surface area (Å²) in [6, 6.07) is 0. The minimum absolute atomic E-state index is 0.176. The third-order valence-corrected chi connectivity index (χ3v) is 2.05. The lowest BCUT2D eigenvalue weighted by Crippen LogP contribution is -2.45. The fraction of sp³-hybridized carbons (Fsp3) is 0.875. The van der Waals surface area contributed by atoms with Gasteiger partial charge in [0.05, 0.1) is 6.61 Å². The number of hydrogen-bond acceptors (Lipinski definition) is 3. The van der Waals surface area contributed by atoms with Gasteiger partial charge in [0, 0.05) is 25.6 Å². The first-order valence-electron chi connectivity index (χ1n) is 4.34. The van der Waals surface area contributed by atoms with Crippen LogP contribution in [0.2, 0.25) is 0 Å². The van der Waals surface area contributed by atoms with Gasteiger partial charge in [-0.1, -0.05) is 0 Å². The van der Waals surface area contributed by atoms with Gasteiger partial charge >= 0.3 is 6.09 Å². The molecule has 1 fully saturated rings. The number of carbonyl (C=O) groups excluding carboxylic acids is 1. The molecule has 12 heavy (non-hydrogen) atoms. The number of cyclic esters (lactones) is 1. The van der Waals surface area contributed by atoms with Gasteiger partial charge in [-0.15, -0.1) is 0 Å². The first-order chi connectivity index (χ1) is 5.77. The average Bonchev–Trinajstić information content (AvgIpc) is 2.09. The molecule has 0 bridgehead atoms. The first kappa shape index (κ1) is 9.32. The molecular weight excluding hydrogens is 156 g/mol. The summed E-state index contributed by atoms with van der Waals surface area (Å²) in [4.78, 5) is 12.8. The average molecular weight is 172 g/mol. The lowest BCUT2D eigenvalue weighted by Gasteiger charge is -2.31. The molecule has 1 heterocycles. The van der Waals surface area contributed by atoms with Gasteiger partial charge in [0.15, 0.2) is 0 Å². The van der Waals surface area contributed by atoms with Crippen LogP contribution in [0.15, 0.2) is 0 Å². The van der Waals surface area contributed by atoms with E-state index in [-0.39, 0.29) is 6.09 Å². The molecule has 0 aromatic carbocycles. The van der Waals surface area contributed by atoms with Crippen molar-refractivity contribution in [2.45, 2.75) is 6.92 Å². The minimum atomic E-state index is -0.176. The fourth-order valence-corrected chi connectivity index (χ4v) is 1.39. The van der Waals surface area contributed by atoms with Crippen LogP contribution in [0.3, 0.4) is 0 Å². The van der Waals surface area contributed by atoms with E-state index in [0.29, 0.717) is 12.5 Å². The summed E-state index contributed by atoms with van der Waals surface area (Å²) in [5.74, 6) is 0.438. The number of ether oxygens (including phenoxy) is 1. The lowest BCUT2D eigenvalue weighted by atomic mass is 10.1. The molecule has 0 radical (unpaired) electrons. The van der Waals surface area contributed by atoms with Gasteiger partial charge in [0.1, 0.15) is 0 Å². The van der Waals surface area contributed by atoms with Crippen molar-refractivity contribution < 1.29 is 9.53 Å². The Bertz CT molecular complexity index is 161. The van der Waals surface area contributed by atoms with Crippen LogP contribution in [0.5, 0.6) is 0 Å². The quantitative estimate of drug-likeness (QED) is 0.665. The Balaban J connectivity index is 2.38. The Morgan fingerprint density at radius 2 is 2.50 bits per heavy atom. The Kier molecular flexibility index (Phi) is 3.34. The van der Waals surface area contributed by atoms with Crippen molar-refractivity contribution in [3.8, 4) is 0 Å². The highest BCUT2D eigenvalue weighted by molar-refractivity contribution is 5.68. The van der Waals surface area contributed by atoms with Gasteiger partial charge < -0.3 is 15.0 Å². The summed E-state index contributed by atoms with van der Waals surface area (Å²) < 4.78 is 4.99. The second-order valence-corrected chi connectivity index (χ2v) is 3.04. The van der Waals surface area contributed by atoms with E-state index in [1.165, 1.54) is 0 Å². The Morgan fingerprint density at radius 1 is 1.75 bits per heavy atom. The van der Waals surface area contributed by atoms with E-state index in [2.05, 4.69) is 5.32 Å². The molecule has 4 heteroatoms. The maximum absolute atomic E-state index is 11.1. The largest absolute Gasteiger partial charge is 0.449 e. The van der Waals surface area contributed by atoms with Crippen LogP contribution in [0.25, 0.3) is 0 Å². The maximum Gasteiger partial charge on any atom is 0.409 e. The lowest BCUT2D eigenvalue weighted by molar-refractivity contribution is 0.0458. The third-order valence-electron chi connectivity index (χ3n) is 2.05. The van der Waals surface area contributed by atoms with Crippen LogP contribution >= 0.6 is 0 Å². The zero-order valence-corrected chi connectivity index (χ0v) is 7.67. The number of amides is 1. The van der Waals surface area contributed by atoms with E-state index in [1.807, 2.05) is 14.0 Å². The van der Waals surface area contributed by atoms with Crippen molar-refractivity contribution in [3.05, 3.63) is 0 Å². The molecule has 1 atom stereocenters. The van der Waals surface area contributed by atoms with Crippen molar-refractivity contribution in [1.29, 1.82) is 0 Å². The molecule has 0 saturated carbocycles. The summed E-state index contributed by atoms with van der Waals surface area (Å²) in [5, 5.41) is 3.08. The van der Waals surface area contributed by atoms with Crippen LogP contribution in [0, 0.1) is 5.92 Å². The monoisotopic (exact) mass is 172 g/mol. The summed E-state index contributed by atoms with van der Waals surface area (Å²) in [6.07, 6.45) is -0.176. The number of nitrogens with zero attached hydrogens (tertiary/aromatic N) is 1. The SMILES string of the molecule is CCN1CC(CNC)COC1=O. The van der Waals surface area contributed by atoms with Gasteiger partial charge in [0.2, 0.25) is 0 Å². The minimum Gasteiger partial charge on any atom is -0.449 e. The van der Waals surface area contributed by atoms with Crippen LogP contribution in [0.4, 0.5) is 4.79 Å². The first-order valence-corrected chi connectivity index (χ1v) is 4.34. The molecule has 1 N–H and O–H groups in total. The third kappa shape index (κ3) is 2.11. The molecule has 0 spiro atoms. The van der Waals surface area contributed by atoms with Gasteiger partial charge in [0.25, 0.3) is 0 Å². The molecule has 0 aromatic heterocycles. The molecule has 1 saturated heterocycles. The van der Waals surface area contributed by atoms with Gasteiger partial charge in [-0.25, -0.2) is 4.79 Å². The molecule has 1 aliphatic rings. The zero-order valence-electron chi connectivity index (χ0n) is 7.67. The Labute approximate surface area is 72.9 Å². The van der Waals surface area contributed by atoms with Crippen molar-refractivity contribution in [3.63, 3.8) is 0 Å². The van der Waals surface area contributed by atoms with Crippen LogP contribution < -0.4 is 5.32 Å². The van der Waals surface area contributed by atoms with E-state index in [1.54, 1.807) is 4.90 Å². The van der Waals surface area contributed by atoms with Crippen molar-refractivity contribution >= 4 is 6.09 Å². The molecule has 0 aliphatic carbocycles. The molecule has 1 aliphatic heterocycles. The summed E-state index contributed by atoms with van der Waals surface area (Å²) in [5.41, 5.74) is 0. The Hall–Kier alpha value is -0.770. The zero-order chi connectivity index (χ0) is 8.97. The summed E-state index contributed by atoms with van der Waals surface area (Å²) >= 11 is 0. The van der Waals surface area contributed by atoms with Crippen molar-refractivity contribution in [1.82, 2.24) is 10.2 Å². The standard InChI is InChI=1S/C8H16N2O2/c1-3-10-5-7(4-9-2)6-12-8(10)11/h7,9H,3-6H2,1-2H3. The fourth-order valence-electron chi connectivity index (χ4n) is 1.39. The highest BCUT2D eigenvalue weighted by Gasteiger charge is 2.24. The highest BCUT2D eigenvalue weighted by atomic mass is 16.6. The number of hydrogen-bond donors (Lipinski definition) is 1. The van der Waals surface area contributed by atoms with Crippen LogP contribution in [0.1, 0.15) is 6.92 Å². The molecule has 1 unspecified atom stereocenters. The van der Waals surface area contributed by atoms with E-state index < -0.39 is 0 Å². The maximum atomic E-state index is 11.1. The molecule has 0 aromatic rings. The molecule has 70 valence electrons. The smallest absolute Gasteiger partial charge is 0.409 e. The number of carbonyl (C=O) groups is 1. The molecule has 1 amide bonds. The van der Waals surface area contributed by atoms with E-state index in [4.69, 9.17) is 4.74 Å². The van der Waals surface area contributed by atoms with E-state index >= 15 is 0 Å². The number of nitrogens with one attached hydrogen (secondary N) is 1. The van der Waals surface area contributed by atoms with Crippen LogP contribution in [-0.2, 0) is 4.74 Å². The van der Waals surface area contributed by atoms with Gasteiger partial charge in [-0.05, 0) is 14.0 Å². The van der Waals surface area contributed by atoms with Crippen molar-refractivity contribution in [2.75, 3.05) is 33.3 Å². The van der Waals surface area contributed by atoms with Gasteiger partial charge in [-0.2, -0.15) is 0 Å². The van der Waals surface area contributed by atoms with Crippen LogP contribution in [-0.4, -0.2) is 44.3 Å². The number of rotatable bonds is 3. The van der Waals surface area contributed by atoms with Crippen molar-refractivity contribution in [2.24, 2.45) is 5.92 Å². The second kappa shape index (κ2) is 4.30. The van der Waals surface area contributed by atoms with Gasteiger partial charge in [-0.3, -0.25) is 0 Å². The second-order valence-electron chi connectivity index (χ2n) is 3.04. The predicted octanol–water partition coefficient (Wildman–Crippen LogP) is 0.294. The molecule has 1 rings (SSSR count). The topological polar surface area (TPSA) is 41.6 Å². The van der Waals surface area contributed by atoms with E-state index in [0.717, 1.165) is 19.6 Å². The Morgan fingerprint density at radius 3 is 3.08 bits per heavy atom. The predicted molar refractivity (Wildman–Crippen MR) is 46.0 cm³/mol. The van der Waals surface area contributed by atoms with E-state index in [9.17, 15) is 4.79 Å². The normalized spacial score (nSPS) is 24.0. The molecular formula is C8H16N2O2. The summed E-state index contributed by atoms with van der Waals surface area (Å²) in [7, 11) is 1.91. The highest BCUT2D eigenvalue weighted by Crippen LogP contribution is 2.09. The molecule has 4 nitrogen and oxygen atoms in total. The summed E-state index contributed by atoms with van der Waals surface area (Å²) in [6.45, 7) is 4.97.